The van der Waals surface area contributed by atoms with E-state index < -0.39 is 5.82 Å². The number of rotatable bonds is 2. The van der Waals surface area contributed by atoms with Gasteiger partial charge in [0.2, 0.25) is 0 Å². The molecule has 1 heterocycles. The van der Waals surface area contributed by atoms with Gasteiger partial charge in [-0.2, -0.15) is 0 Å². The smallest absolute Gasteiger partial charge is 0.254 e. The largest absolute Gasteiger partial charge is 0.338 e. The topological polar surface area (TPSA) is 46.3 Å². The highest BCUT2D eigenvalue weighted by Crippen LogP contribution is 2.29. The van der Waals surface area contributed by atoms with Crippen LogP contribution >= 0.6 is 11.6 Å². The summed E-state index contributed by atoms with van der Waals surface area (Å²) in [5.41, 5.74) is 5.96. The Morgan fingerprint density at radius 3 is 2.83 bits per heavy atom. The third-order valence-corrected chi connectivity index (χ3v) is 3.67. The van der Waals surface area contributed by atoms with Crippen molar-refractivity contribution in [3.05, 3.63) is 34.6 Å². The van der Waals surface area contributed by atoms with Crippen LogP contribution in [-0.2, 0) is 0 Å². The van der Waals surface area contributed by atoms with Gasteiger partial charge < -0.3 is 10.6 Å². The van der Waals surface area contributed by atoms with Crippen molar-refractivity contribution in [1.82, 2.24) is 4.90 Å². The first-order chi connectivity index (χ1) is 8.43. The van der Waals surface area contributed by atoms with Crippen LogP contribution < -0.4 is 5.73 Å². The van der Waals surface area contributed by atoms with Crippen LogP contribution in [0, 0.1) is 11.2 Å². The first-order valence-corrected chi connectivity index (χ1v) is 6.27. The van der Waals surface area contributed by atoms with Gasteiger partial charge in [0.1, 0.15) is 5.82 Å². The van der Waals surface area contributed by atoms with Gasteiger partial charge >= 0.3 is 0 Å². The average Bonchev–Trinajstić information content (AvgIpc) is 2.70. The standard InChI is InChI=1S/C13H16ClFN2O/c1-13(7-16)2-3-17(8-13)12(18)9-4-10(14)6-11(15)5-9/h4-6H,2-3,7-8,16H2,1H3. The van der Waals surface area contributed by atoms with Crippen molar-refractivity contribution < 1.29 is 9.18 Å². The van der Waals surface area contributed by atoms with Gasteiger partial charge in [-0.25, -0.2) is 4.39 Å². The minimum Gasteiger partial charge on any atom is -0.338 e. The molecule has 1 aliphatic heterocycles. The third-order valence-electron chi connectivity index (χ3n) is 3.45. The van der Waals surface area contributed by atoms with E-state index in [1.807, 2.05) is 0 Å². The summed E-state index contributed by atoms with van der Waals surface area (Å²) in [6.45, 7) is 3.86. The molecule has 0 aromatic heterocycles. The first kappa shape index (κ1) is 13.3. The molecular formula is C13H16ClFN2O. The molecule has 1 unspecified atom stereocenters. The summed E-state index contributed by atoms with van der Waals surface area (Å²) in [4.78, 5) is 13.9. The minimum atomic E-state index is -0.494. The minimum absolute atomic E-state index is 0.0349. The molecular weight excluding hydrogens is 255 g/mol. The number of carbonyl (C=O) groups excluding carboxylic acids is 1. The lowest BCUT2D eigenvalue weighted by molar-refractivity contribution is 0.0776. The highest BCUT2D eigenvalue weighted by molar-refractivity contribution is 6.31. The molecule has 0 aliphatic carbocycles. The second kappa shape index (κ2) is 4.86. The maximum atomic E-state index is 13.2. The summed E-state index contributed by atoms with van der Waals surface area (Å²) in [5.74, 6) is -0.680. The Morgan fingerprint density at radius 1 is 1.56 bits per heavy atom. The summed E-state index contributed by atoms with van der Waals surface area (Å²) >= 11 is 5.75. The van der Waals surface area contributed by atoms with Crippen molar-refractivity contribution in [2.24, 2.45) is 11.1 Å². The number of carbonyl (C=O) groups is 1. The predicted octanol–water partition coefficient (Wildman–Crippen LogP) is 2.29. The maximum absolute atomic E-state index is 13.2. The molecule has 98 valence electrons. The van der Waals surface area contributed by atoms with Gasteiger partial charge in [0.25, 0.3) is 5.91 Å². The van der Waals surface area contributed by atoms with Crippen LogP contribution in [-0.4, -0.2) is 30.4 Å². The highest BCUT2D eigenvalue weighted by Gasteiger charge is 2.35. The summed E-state index contributed by atoms with van der Waals surface area (Å²) < 4.78 is 13.2. The molecule has 0 radical (unpaired) electrons. The molecule has 1 aromatic rings. The van der Waals surface area contributed by atoms with E-state index in [0.29, 0.717) is 25.2 Å². The molecule has 0 saturated carbocycles. The van der Waals surface area contributed by atoms with Gasteiger partial charge in [-0.15, -0.1) is 0 Å². The zero-order chi connectivity index (χ0) is 13.3. The Hall–Kier alpha value is -1.13. The molecule has 0 bridgehead atoms. The van der Waals surface area contributed by atoms with Crippen molar-refractivity contribution in [1.29, 1.82) is 0 Å². The quantitative estimate of drug-likeness (QED) is 0.896. The zero-order valence-corrected chi connectivity index (χ0v) is 11.0. The molecule has 1 aliphatic rings. The molecule has 0 spiro atoms. The number of likely N-dealkylation sites (tertiary alicyclic amines) is 1. The Kier molecular flexibility index (Phi) is 3.59. The number of amides is 1. The van der Waals surface area contributed by atoms with Crippen LogP contribution in [0.2, 0.25) is 5.02 Å². The number of hydrogen-bond donors (Lipinski definition) is 1. The van der Waals surface area contributed by atoms with Gasteiger partial charge in [-0.05, 0) is 36.6 Å². The summed E-state index contributed by atoms with van der Waals surface area (Å²) in [6, 6.07) is 3.89. The average molecular weight is 271 g/mol. The molecule has 1 atom stereocenters. The van der Waals surface area contributed by atoms with E-state index in [1.165, 1.54) is 18.2 Å². The van der Waals surface area contributed by atoms with E-state index in [1.54, 1.807) is 4.90 Å². The fraction of sp³-hybridized carbons (Fsp3) is 0.462. The zero-order valence-electron chi connectivity index (χ0n) is 10.2. The van der Waals surface area contributed by atoms with Crippen LogP contribution in [0.5, 0.6) is 0 Å². The second-order valence-corrected chi connectivity index (χ2v) is 5.59. The highest BCUT2D eigenvalue weighted by atomic mass is 35.5. The van der Waals surface area contributed by atoms with Gasteiger partial charge in [-0.1, -0.05) is 18.5 Å². The molecule has 2 rings (SSSR count). The Labute approximate surface area is 111 Å². The molecule has 5 heteroatoms. The fourth-order valence-electron chi connectivity index (χ4n) is 2.22. The molecule has 1 aromatic carbocycles. The number of hydrogen-bond acceptors (Lipinski definition) is 2. The maximum Gasteiger partial charge on any atom is 0.254 e. The van der Waals surface area contributed by atoms with E-state index in [9.17, 15) is 9.18 Å². The Morgan fingerprint density at radius 2 is 2.28 bits per heavy atom. The van der Waals surface area contributed by atoms with Crippen LogP contribution in [0.1, 0.15) is 23.7 Å². The van der Waals surface area contributed by atoms with Gasteiger partial charge in [0, 0.05) is 23.7 Å². The molecule has 2 N–H and O–H groups in total. The molecule has 1 saturated heterocycles. The molecule has 3 nitrogen and oxygen atoms in total. The first-order valence-electron chi connectivity index (χ1n) is 5.89. The van der Waals surface area contributed by atoms with E-state index in [0.717, 1.165) is 6.42 Å². The third kappa shape index (κ3) is 2.65. The van der Waals surface area contributed by atoms with E-state index in [-0.39, 0.29) is 16.3 Å². The monoisotopic (exact) mass is 270 g/mol. The summed E-state index contributed by atoms with van der Waals surface area (Å²) in [6.07, 6.45) is 0.873. The van der Waals surface area contributed by atoms with Gasteiger partial charge in [-0.3, -0.25) is 4.79 Å². The Balaban J connectivity index is 2.18. The van der Waals surface area contributed by atoms with Crippen molar-refractivity contribution >= 4 is 17.5 Å². The number of benzene rings is 1. The van der Waals surface area contributed by atoms with E-state index in [2.05, 4.69) is 6.92 Å². The summed E-state index contributed by atoms with van der Waals surface area (Å²) in [7, 11) is 0. The van der Waals surface area contributed by atoms with Crippen LogP contribution in [0.3, 0.4) is 0 Å². The molecule has 1 fully saturated rings. The molecule has 18 heavy (non-hydrogen) atoms. The van der Waals surface area contributed by atoms with Gasteiger partial charge in [0.05, 0.1) is 0 Å². The molecule has 1 amide bonds. The SMILES string of the molecule is CC1(CN)CCN(C(=O)c2cc(F)cc(Cl)c2)C1. The number of halogens is 2. The second-order valence-electron chi connectivity index (χ2n) is 5.15. The lowest BCUT2D eigenvalue weighted by atomic mass is 9.90. The number of nitrogens with zero attached hydrogens (tertiary/aromatic N) is 1. The van der Waals surface area contributed by atoms with E-state index >= 15 is 0 Å². The van der Waals surface area contributed by atoms with Crippen molar-refractivity contribution in [2.75, 3.05) is 19.6 Å². The summed E-state index contributed by atoms with van der Waals surface area (Å²) in [5, 5.41) is 0.235. The van der Waals surface area contributed by atoms with Crippen molar-refractivity contribution in [3.8, 4) is 0 Å². The fourth-order valence-corrected chi connectivity index (χ4v) is 2.45. The van der Waals surface area contributed by atoms with Gasteiger partial charge in [0.15, 0.2) is 0 Å². The van der Waals surface area contributed by atoms with Crippen molar-refractivity contribution in [3.63, 3.8) is 0 Å². The lowest BCUT2D eigenvalue weighted by Crippen LogP contribution is -2.34. The lowest BCUT2D eigenvalue weighted by Gasteiger charge is -2.22. The number of nitrogens with two attached hydrogens (primary N) is 1. The predicted molar refractivity (Wildman–Crippen MR) is 69.1 cm³/mol. The van der Waals surface area contributed by atoms with Crippen LogP contribution in [0.25, 0.3) is 0 Å². The Bertz CT molecular complexity index is 460. The van der Waals surface area contributed by atoms with E-state index in [4.69, 9.17) is 17.3 Å². The normalized spacial score (nSPS) is 23.4. The van der Waals surface area contributed by atoms with Crippen LogP contribution in [0.15, 0.2) is 18.2 Å². The van der Waals surface area contributed by atoms with Crippen molar-refractivity contribution in [2.45, 2.75) is 13.3 Å². The van der Waals surface area contributed by atoms with Crippen LogP contribution in [0.4, 0.5) is 4.39 Å².